The summed E-state index contributed by atoms with van der Waals surface area (Å²) in [7, 11) is 3.26. The van der Waals surface area contributed by atoms with Crippen LogP contribution in [0.4, 0.5) is 0 Å². The van der Waals surface area contributed by atoms with Gasteiger partial charge in [-0.2, -0.15) is 9.61 Å². The molecule has 0 atom stereocenters. The summed E-state index contributed by atoms with van der Waals surface area (Å²) in [6, 6.07) is 24.2. The van der Waals surface area contributed by atoms with E-state index >= 15 is 0 Å². The molecule has 0 unspecified atom stereocenters. The zero-order valence-electron chi connectivity index (χ0n) is 16.7. The van der Waals surface area contributed by atoms with E-state index in [-0.39, 0.29) is 0 Å². The standard InChI is InChI=1S/C24H20N4O2/c1-29-18-13-17(14-19(15-18)30-2)23-25-26-24-21-11-7-6-10-20(21)22(27-28(23)24)12-16-8-4-3-5-9-16/h3-11,13-15H,12H2,1-2H3. The molecule has 0 saturated carbocycles. The smallest absolute Gasteiger partial charge is 0.186 e. The Hall–Kier alpha value is -3.93. The van der Waals surface area contributed by atoms with Crippen molar-refractivity contribution in [3.05, 3.63) is 84.1 Å². The molecule has 0 spiro atoms. The molecule has 6 nitrogen and oxygen atoms in total. The van der Waals surface area contributed by atoms with E-state index in [1.54, 1.807) is 14.2 Å². The summed E-state index contributed by atoms with van der Waals surface area (Å²) in [4.78, 5) is 0. The van der Waals surface area contributed by atoms with Gasteiger partial charge in [-0.15, -0.1) is 10.2 Å². The number of hydrogen-bond donors (Lipinski definition) is 0. The molecule has 0 N–H and O–H groups in total. The van der Waals surface area contributed by atoms with E-state index in [4.69, 9.17) is 14.6 Å². The molecule has 0 radical (unpaired) electrons. The van der Waals surface area contributed by atoms with Gasteiger partial charge in [0.15, 0.2) is 11.5 Å². The quantitative estimate of drug-likeness (QED) is 0.436. The minimum atomic E-state index is 0.641. The summed E-state index contributed by atoms with van der Waals surface area (Å²) in [5.74, 6) is 2.01. The molecular weight excluding hydrogens is 376 g/mol. The first-order chi connectivity index (χ1) is 14.8. The summed E-state index contributed by atoms with van der Waals surface area (Å²) in [5.41, 5.74) is 3.72. The second-order valence-corrected chi connectivity index (χ2v) is 7.02. The summed E-state index contributed by atoms with van der Waals surface area (Å²) >= 11 is 0. The van der Waals surface area contributed by atoms with Crippen LogP contribution in [-0.2, 0) is 6.42 Å². The lowest BCUT2D eigenvalue weighted by atomic mass is 10.0. The Morgan fingerprint density at radius 3 is 2.13 bits per heavy atom. The molecule has 0 fully saturated rings. The molecule has 0 aliphatic rings. The van der Waals surface area contributed by atoms with Crippen molar-refractivity contribution in [1.82, 2.24) is 19.8 Å². The normalized spacial score (nSPS) is 11.1. The van der Waals surface area contributed by atoms with Crippen LogP contribution in [0.5, 0.6) is 11.5 Å². The maximum Gasteiger partial charge on any atom is 0.186 e. The minimum absolute atomic E-state index is 0.641. The fraction of sp³-hybridized carbons (Fsp3) is 0.125. The first-order valence-corrected chi connectivity index (χ1v) is 9.67. The van der Waals surface area contributed by atoms with Crippen molar-refractivity contribution in [2.24, 2.45) is 0 Å². The van der Waals surface area contributed by atoms with Crippen molar-refractivity contribution in [3.63, 3.8) is 0 Å². The highest BCUT2D eigenvalue weighted by molar-refractivity contribution is 5.95. The minimum Gasteiger partial charge on any atom is -0.497 e. The molecule has 148 valence electrons. The van der Waals surface area contributed by atoms with E-state index in [9.17, 15) is 0 Å². The molecule has 0 aliphatic carbocycles. The molecule has 6 heteroatoms. The first-order valence-electron chi connectivity index (χ1n) is 9.67. The molecule has 2 aromatic heterocycles. The van der Waals surface area contributed by atoms with E-state index in [2.05, 4.69) is 34.5 Å². The Labute approximate surface area is 173 Å². The van der Waals surface area contributed by atoms with Crippen LogP contribution in [0.1, 0.15) is 11.3 Å². The van der Waals surface area contributed by atoms with Crippen LogP contribution in [0.15, 0.2) is 72.8 Å². The van der Waals surface area contributed by atoms with Gasteiger partial charge >= 0.3 is 0 Å². The molecule has 0 aliphatic heterocycles. The third-order valence-electron chi connectivity index (χ3n) is 5.16. The predicted octanol–water partition coefficient (Wildman–Crippen LogP) is 4.55. The van der Waals surface area contributed by atoms with E-state index in [1.165, 1.54) is 5.56 Å². The maximum absolute atomic E-state index is 5.42. The number of fused-ring (bicyclic) bond motifs is 3. The molecular formula is C24H20N4O2. The molecule has 0 saturated heterocycles. The molecule has 5 aromatic rings. The van der Waals surface area contributed by atoms with Gasteiger partial charge in [-0.3, -0.25) is 0 Å². The van der Waals surface area contributed by atoms with Gasteiger partial charge < -0.3 is 9.47 Å². The van der Waals surface area contributed by atoms with Crippen LogP contribution in [0.25, 0.3) is 27.8 Å². The Balaban J connectivity index is 1.74. The monoisotopic (exact) mass is 396 g/mol. The summed E-state index contributed by atoms with van der Waals surface area (Å²) in [6.45, 7) is 0. The van der Waals surface area contributed by atoms with Crippen molar-refractivity contribution in [2.45, 2.75) is 6.42 Å². The summed E-state index contributed by atoms with van der Waals surface area (Å²) in [5, 5.41) is 16.0. The van der Waals surface area contributed by atoms with Crippen LogP contribution in [0, 0.1) is 0 Å². The summed E-state index contributed by atoms with van der Waals surface area (Å²) < 4.78 is 12.7. The van der Waals surface area contributed by atoms with Crippen molar-refractivity contribution in [2.75, 3.05) is 14.2 Å². The zero-order chi connectivity index (χ0) is 20.5. The van der Waals surface area contributed by atoms with Gasteiger partial charge in [-0.1, -0.05) is 54.6 Å². The first kappa shape index (κ1) is 18.1. The second-order valence-electron chi connectivity index (χ2n) is 7.02. The van der Waals surface area contributed by atoms with Gasteiger partial charge in [-0.05, 0) is 17.7 Å². The average molecular weight is 396 g/mol. The number of nitrogens with zero attached hydrogens (tertiary/aromatic N) is 4. The SMILES string of the molecule is COc1cc(OC)cc(-c2nnc3c4ccccc4c(Cc4ccccc4)nn23)c1. The van der Waals surface area contributed by atoms with Crippen LogP contribution in [-0.4, -0.2) is 34.0 Å². The molecule has 0 amide bonds. The number of benzene rings is 3. The van der Waals surface area contributed by atoms with Gasteiger partial charge in [0.25, 0.3) is 0 Å². The van der Waals surface area contributed by atoms with Gasteiger partial charge in [0.2, 0.25) is 0 Å². The maximum atomic E-state index is 5.42. The molecule has 5 rings (SSSR count). The van der Waals surface area contributed by atoms with E-state index < -0.39 is 0 Å². The number of ether oxygens (including phenoxy) is 2. The van der Waals surface area contributed by atoms with Crippen LogP contribution in [0.3, 0.4) is 0 Å². The van der Waals surface area contributed by atoms with E-state index in [1.807, 2.05) is 53.0 Å². The topological polar surface area (TPSA) is 61.5 Å². The van der Waals surface area contributed by atoms with Crippen LogP contribution >= 0.6 is 0 Å². The number of aromatic nitrogens is 4. The number of hydrogen-bond acceptors (Lipinski definition) is 5. The Morgan fingerprint density at radius 2 is 1.43 bits per heavy atom. The van der Waals surface area contributed by atoms with E-state index in [0.717, 1.165) is 34.1 Å². The predicted molar refractivity (Wildman–Crippen MR) is 116 cm³/mol. The van der Waals surface area contributed by atoms with Crippen molar-refractivity contribution in [1.29, 1.82) is 0 Å². The highest BCUT2D eigenvalue weighted by atomic mass is 16.5. The lowest BCUT2D eigenvalue weighted by Crippen LogP contribution is -2.03. The van der Waals surface area contributed by atoms with Crippen molar-refractivity contribution < 1.29 is 9.47 Å². The molecule has 3 aromatic carbocycles. The Bertz CT molecular complexity index is 1320. The molecule has 2 heterocycles. The largest absolute Gasteiger partial charge is 0.497 e. The Kier molecular flexibility index (Phi) is 4.52. The third kappa shape index (κ3) is 3.12. The van der Waals surface area contributed by atoms with Gasteiger partial charge in [0.1, 0.15) is 11.5 Å². The third-order valence-corrected chi connectivity index (χ3v) is 5.16. The van der Waals surface area contributed by atoms with Crippen molar-refractivity contribution >= 4 is 16.4 Å². The van der Waals surface area contributed by atoms with Crippen LogP contribution < -0.4 is 9.47 Å². The fourth-order valence-corrected chi connectivity index (χ4v) is 3.68. The molecule has 30 heavy (non-hydrogen) atoms. The lowest BCUT2D eigenvalue weighted by molar-refractivity contribution is 0.394. The van der Waals surface area contributed by atoms with Gasteiger partial charge in [0, 0.05) is 28.8 Å². The fourth-order valence-electron chi connectivity index (χ4n) is 3.68. The second kappa shape index (κ2) is 7.48. The van der Waals surface area contributed by atoms with Crippen LogP contribution in [0.2, 0.25) is 0 Å². The van der Waals surface area contributed by atoms with Crippen molar-refractivity contribution in [3.8, 4) is 22.9 Å². The number of rotatable bonds is 5. The average Bonchev–Trinajstić information content (AvgIpc) is 3.23. The number of methoxy groups -OCH3 is 2. The molecule has 0 bridgehead atoms. The lowest BCUT2D eigenvalue weighted by Gasteiger charge is -2.10. The highest BCUT2D eigenvalue weighted by Gasteiger charge is 2.17. The highest BCUT2D eigenvalue weighted by Crippen LogP contribution is 2.31. The summed E-state index contributed by atoms with van der Waals surface area (Å²) in [6.07, 6.45) is 0.719. The zero-order valence-corrected chi connectivity index (χ0v) is 16.7. The Morgan fingerprint density at radius 1 is 0.767 bits per heavy atom. The van der Waals surface area contributed by atoms with Gasteiger partial charge in [-0.25, -0.2) is 0 Å². The van der Waals surface area contributed by atoms with Gasteiger partial charge in [0.05, 0.1) is 19.9 Å². The van der Waals surface area contributed by atoms with E-state index in [0.29, 0.717) is 17.3 Å².